The van der Waals surface area contributed by atoms with E-state index in [2.05, 4.69) is 15.6 Å². The van der Waals surface area contributed by atoms with Gasteiger partial charge in [-0.2, -0.15) is 0 Å². The van der Waals surface area contributed by atoms with Gasteiger partial charge in [0.15, 0.2) is 5.96 Å². The Balaban J connectivity index is 1.86. The highest BCUT2D eigenvalue weighted by atomic mass is 16.5. The molecule has 2 unspecified atom stereocenters. The largest absolute Gasteiger partial charge is 0.497 e. The third kappa shape index (κ3) is 5.73. The molecule has 0 bridgehead atoms. The zero-order chi connectivity index (χ0) is 16.5. The molecule has 1 aliphatic rings. The van der Waals surface area contributed by atoms with Crippen molar-refractivity contribution in [2.75, 3.05) is 33.4 Å². The maximum atomic E-state index is 10.3. The summed E-state index contributed by atoms with van der Waals surface area (Å²) in [7, 11) is 1.62. The van der Waals surface area contributed by atoms with Gasteiger partial charge in [-0.05, 0) is 37.5 Å². The van der Waals surface area contributed by atoms with Crippen LogP contribution < -0.4 is 15.4 Å². The molecule has 1 aliphatic heterocycles. The Morgan fingerprint density at radius 2 is 2.17 bits per heavy atom. The third-order valence-corrected chi connectivity index (χ3v) is 3.79. The number of methoxy groups -OCH3 is 1. The average molecular weight is 321 g/mol. The maximum Gasteiger partial charge on any atom is 0.191 e. The molecule has 0 amide bonds. The minimum atomic E-state index is -0.640. The first kappa shape index (κ1) is 17.6. The Kier molecular flexibility index (Phi) is 7.16. The van der Waals surface area contributed by atoms with E-state index < -0.39 is 6.10 Å². The van der Waals surface area contributed by atoms with E-state index in [-0.39, 0.29) is 6.10 Å². The maximum absolute atomic E-state index is 10.3. The van der Waals surface area contributed by atoms with E-state index in [0.717, 1.165) is 43.9 Å². The number of guanidine groups is 1. The summed E-state index contributed by atoms with van der Waals surface area (Å²) in [5, 5.41) is 16.7. The molecule has 23 heavy (non-hydrogen) atoms. The predicted molar refractivity (Wildman–Crippen MR) is 90.9 cm³/mol. The van der Waals surface area contributed by atoms with Crippen LogP contribution in [0.1, 0.15) is 31.4 Å². The van der Waals surface area contributed by atoms with Crippen molar-refractivity contribution in [3.63, 3.8) is 0 Å². The van der Waals surface area contributed by atoms with Gasteiger partial charge in [0, 0.05) is 19.7 Å². The summed E-state index contributed by atoms with van der Waals surface area (Å²) in [6.45, 7) is 4.67. The molecular formula is C17H27N3O3. The quantitative estimate of drug-likeness (QED) is 0.524. The summed E-state index contributed by atoms with van der Waals surface area (Å²) < 4.78 is 10.7. The van der Waals surface area contributed by atoms with Crippen LogP contribution in [0.4, 0.5) is 0 Å². The zero-order valence-corrected chi connectivity index (χ0v) is 13.9. The lowest BCUT2D eigenvalue weighted by Gasteiger charge is -2.16. The molecule has 1 fully saturated rings. The van der Waals surface area contributed by atoms with Crippen LogP contribution in [0.25, 0.3) is 0 Å². The molecule has 2 atom stereocenters. The molecule has 0 spiro atoms. The summed E-state index contributed by atoms with van der Waals surface area (Å²) in [6, 6.07) is 7.38. The van der Waals surface area contributed by atoms with Crippen LogP contribution in [0.2, 0.25) is 0 Å². The highest BCUT2D eigenvalue weighted by Gasteiger charge is 2.15. The molecule has 2 rings (SSSR count). The average Bonchev–Trinajstić information content (AvgIpc) is 3.10. The van der Waals surface area contributed by atoms with E-state index in [1.165, 1.54) is 0 Å². The van der Waals surface area contributed by atoms with Crippen molar-refractivity contribution in [1.82, 2.24) is 10.6 Å². The fraction of sp³-hybridized carbons (Fsp3) is 0.588. The normalized spacial score (nSPS) is 19.4. The molecule has 1 heterocycles. The minimum Gasteiger partial charge on any atom is -0.497 e. The molecule has 6 heteroatoms. The van der Waals surface area contributed by atoms with Gasteiger partial charge in [-0.1, -0.05) is 12.1 Å². The van der Waals surface area contributed by atoms with Crippen molar-refractivity contribution in [1.29, 1.82) is 0 Å². The number of nitrogens with zero attached hydrogens (tertiary/aromatic N) is 1. The van der Waals surface area contributed by atoms with Crippen LogP contribution in [-0.2, 0) is 4.74 Å². The topological polar surface area (TPSA) is 75.1 Å². The second-order valence-corrected chi connectivity index (χ2v) is 5.52. The third-order valence-electron chi connectivity index (χ3n) is 3.79. The summed E-state index contributed by atoms with van der Waals surface area (Å²) in [6.07, 6.45) is 1.82. The van der Waals surface area contributed by atoms with Gasteiger partial charge in [0.25, 0.3) is 0 Å². The van der Waals surface area contributed by atoms with Crippen LogP contribution >= 0.6 is 0 Å². The van der Waals surface area contributed by atoms with E-state index in [1.807, 2.05) is 31.2 Å². The Labute approximate surface area is 137 Å². The van der Waals surface area contributed by atoms with Crippen molar-refractivity contribution in [3.05, 3.63) is 29.8 Å². The second kappa shape index (κ2) is 9.37. The van der Waals surface area contributed by atoms with E-state index in [9.17, 15) is 5.11 Å². The van der Waals surface area contributed by atoms with Gasteiger partial charge in [-0.3, -0.25) is 4.99 Å². The highest BCUT2D eigenvalue weighted by molar-refractivity contribution is 5.79. The molecule has 128 valence electrons. The van der Waals surface area contributed by atoms with Gasteiger partial charge in [0.1, 0.15) is 5.75 Å². The van der Waals surface area contributed by atoms with E-state index in [4.69, 9.17) is 9.47 Å². The van der Waals surface area contributed by atoms with Crippen LogP contribution in [0.3, 0.4) is 0 Å². The number of rotatable bonds is 7. The fourth-order valence-electron chi connectivity index (χ4n) is 2.47. The lowest BCUT2D eigenvalue weighted by molar-refractivity contribution is 0.113. The SMILES string of the molecule is CCNC(=NCC(O)c1ccc(OC)cc1)NCC1CCCO1. The van der Waals surface area contributed by atoms with E-state index in [0.29, 0.717) is 12.5 Å². The van der Waals surface area contributed by atoms with Gasteiger partial charge in [0.05, 0.1) is 25.9 Å². The van der Waals surface area contributed by atoms with Gasteiger partial charge in [0.2, 0.25) is 0 Å². The van der Waals surface area contributed by atoms with Gasteiger partial charge in [-0.25, -0.2) is 0 Å². The van der Waals surface area contributed by atoms with Gasteiger partial charge in [-0.15, -0.1) is 0 Å². The zero-order valence-electron chi connectivity index (χ0n) is 13.9. The fourth-order valence-corrected chi connectivity index (χ4v) is 2.47. The summed E-state index contributed by atoms with van der Waals surface area (Å²) in [4.78, 5) is 4.45. The molecule has 6 nitrogen and oxygen atoms in total. The van der Waals surface area contributed by atoms with Gasteiger partial charge < -0.3 is 25.2 Å². The minimum absolute atomic E-state index is 0.255. The summed E-state index contributed by atoms with van der Waals surface area (Å²) >= 11 is 0. The predicted octanol–water partition coefficient (Wildman–Crippen LogP) is 1.46. The van der Waals surface area contributed by atoms with Crippen LogP contribution in [0.15, 0.2) is 29.3 Å². The van der Waals surface area contributed by atoms with Crippen molar-refractivity contribution >= 4 is 5.96 Å². The second-order valence-electron chi connectivity index (χ2n) is 5.52. The van der Waals surface area contributed by atoms with Crippen molar-refractivity contribution < 1.29 is 14.6 Å². The molecule has 1 aromatic carbocycles. The van der Waals surface area contributed by atoms with Crippen molar-refractivity contribution in [2.24, 2.45) is 4.99 Å². The molecule has 1 aromatic rings. The van der Waals surface area contributed by atoms with E-state index in [1.54, 1.807) is 7.11 Å². The van der Waals surface area contributed by atoms with E-state index >= 15 is 0 Å². The molecule has 3 N–H and O–H groups in total. The number of nitrogens with one attached hydrogen (secondary N) is 2. The smallest absolute Gasteiger partial charge is 0.191 e. The molecule has 0 aromatic heterocycles. The number of hydrogen-bond donors (Lipinski definition) is 3. The van der Waals surface area contributed by atoms with Crippen molar-refractivity contribution in [2.45, 2.75) is 32.0 Å². The monoisotopic (exact) mass is 321 g/mol. The summed E-state index contributed by atoms with van der Waals surface area (Å²) in [5.74, 6) is 1.48. The number of hydrogen-bond acceptors (Lipinski definition) is 4. The standard InChI is InChI=1S/C17H27N3O3/c1-3-18-17(19-11-15-5-4-10-23-15)20-12-16(21)13-6-8-14(22-2)9-7-13/h6-9,15-16,21H,3-5,10-12H2,1-2H3,(H2,18,19,20). The van der Waals surface area contributed by atoms with Crippen LogP contribution in [0.5, 0.6) is 5.75 Å². The molecule has 1 saturated heterocycles. The number of benzene rings is 1. The number of aliphatic hydroxyl groups excluding tert-OH is 1. The lowest BCUT2D eigenvalue weighted by atomic mass is 10.1. The molecule has 0 radical (unpaired) electrons. The Hall–Kier alpha value is -1.79. The molecule has 0 saturated carbocycles. The lowest BCUT2D eigenvalue weighted by Crippen LogP contribution is -2.41. The first-order valence-electron chi connectivity index (χ1n) is 8.18. The number of aliphatic hydroxyl groups is 1. The number of ether oxygens (including phenoxy) is 2. The van der Waals surface area contributed by atoms with Crippen LogP contribution in [0, 0.1) is 0 Å². The summed E-state index contributed by atoms with van der Waals surface area (Å²) in [5.41, 5.74) is 0.824. The molecular weight excluding hydrogens is 294 g/mol. The number of aliphatic imine (C=N–C) groups is 1. The van der Waals surface area contributed by atoms with Crippen LogP contribution in [-0.4, -0.2) is 50.5 Å². The van der Waals surface area contributed by atoms with Gasteiger partial charge >= 0.3 is 0 Å². The Morgan fingerprint density at radius 1 is 1.39 bits per heavy atom. The highest BCUT2D eigenvalue weighted by Crippen LogP contribution is 2.17. The first-order chi connectivity index (χ1) is 11.2. The molecule has 0 aliphatic carbocycles. The Bertz CT molecular complexity index is 484. The first-order valence-corrected chi connectivity index (χ1v) is 8.18. The van der Waals surface area contributed by atoms with Crippen molar-refractivity contribution in [3.8, 4) is 5.75 Å². The Morgan fingerprint density at radius 3 is 2.78 bits per heavy atom.